The fraction of sp³-hybridized carbons (Fsp3) is 0.462. The van der Waals surface area contributed by atoms with Gasteiger partial charge in [0.1, 0.15) is 5.75 Å². The molecule has 0 heterocycles. The molecule has 3 N–H and O–H groups in total. The maximum atomic E-state index is 11.2. The lowest BCUT2D eigenvalue weighted by Crippen LogP contribution is -2.30. The second-order valence-electron chi connectivity index (χ2n) is 4.19. The molecular formula is C13H20N2O2. The summed E-state index contributed by atoms with van der Waals surface area (Å²) < 4.78 is 5.31. The molecule has 0 saturated heterocycles. The molecule has 0 bridgehead atoms. The Hall–Kier alpha value is -1.55. The van der Waals surface area contributed by atoms with Crippen LogP contribution in [0.2, 0.25) is 0 Å². The summed E-state index contributed by atoms with van der Waals surface area (Å²) in [5, 5.41) is 0. The molecule has 0 aliphatic rings. The Morgan fingerprint density at radius 2 is 2.00 bits per heavy atom. The van der Waals surface area contributed by atoms with Crippen LogP contribution < -0.4 is 16.0 Å². The average Bonchev–Trinajstić information content (AvgIpc) is 2.33. The summed E-state index contributed by atoms with van der Waals surface area (Å²) in [6, 6.07) is 2.01. The number of nitrogens with one attached hydrogen (secondary N) is 1. The summed E-state index contributed by atoms with van der Waals surface area (Å²) in [7, 11) is 1.67. The highest BCUT2D eigenvalue weighted by Crippen LogP contribution is 2.28. The van der Waals surface area contributed by atoms with Gasteiger partial charge in [0.15, 0.2) is 0 Å². The van der Waals surface area contributed by atoms with Crippen molar-refractivity contribution in [2.24, 2.45) is 5.84 Å². The van der Waals surface area contributed by atoms with E-state index in [9.17, 15) is 4.79 Å². The van der Waals surface area contributed by atoms with Gasteiger partial charge in [-0.05, 0) is 55.5 Å². The number of hydrogen-bond acceptors (Lipinski definition) is 3. The minimum atomic E-state index is -0.141. The summed E-state index contributed by atoms with van der Waals surface area (Å²) in [5.41, 5.74) is 6.81. The van der Waals surface area contributed by atoms with Gasteiger partial charge in [0.05, 0.1) is 7.11 Å². The van der Waals surface area contributed by atoms with E-state index in [1.807, 2.05) is 19.9 Å². The molecule has 0 atom stereocenters. The lowest BCUT2D eigenvalue weighted by Gasteiger charge is -2.15. The Kier molecular flexibility index (Phi) is 4.52. The third-order valence-electron chi connectivity index (χ3n) is 3.19. The van der Waals surface area contributed by atoms with E-state index in [1.165, 1.54) is 11.1 Å². The molecule has 17 heavy (non-hydrogen) atoms. The molecule has 0 fully saturated rings. The molecular weight excluding hydrogens is 216 g/mol. The van der Waals surface area contributed by atoms with E-state index in [1.54, 1.807) is 7.11 Å². The number of hydrogen-bond donors (Lipinski definition) is 2. The smallest absolute Gasteiger partial charge is 0.234 e. The third-order valence-corrected chi connectivity index (χ3v) is 3.19. The minimum Gasteiger partial charge on any atom is -0.496 e. The third kappa shape index (κ3) is 2.97. The highest BCUT2D eigenvalue weighted by atomic mass is 16.5. The number of amides is 1. The molecule has 4 nitrogen and oxygen atoms in total. The topological polar surface area (TPSA) is 64.3 Å². The van der Waals surface area contributed by atoms with Gasteiger partial charge in [0.2, 0.25) is 5.91 Å². The molecule has 0 aliphatic heterocycles. The number of carbonyl (C=O) groups excluding carboxylic acids is 1. The largest absolute Gasteiger partial charge is 0.496 e. The second-order valence-corrected chi connectivity index (χ2v) is 4.19. The van der Waals surface area contributed by atoms with Crippen LogP contribution in [0.3, 0.4) is 0 Å². The number of benzene rings is 1. The SMILES string of the molecule is COc1cc(C)c(CCC(=O)NN)c(C)c1C. The molecule has 0 radical (unpaired) electrons. The van der Waals surface area contributed by atoms with E-state index in [-0.39, 0.29) is 5.91 Å². The number of methoxy groups -OCH3 is 1. The number of nitrogens with two attached hydrogens (primary N) is 1. The van der Waals surface area contributed by atoms with Crippen molar-refractivity contribution in [2.45, 2.75) is 33.6 Å². The van der Waals surface area contributed by atoms with Crippen LogP contribution >= 0.6 is 0 Å². The van der Waals surface area contributed by atoms with E-state index < -0.39 is 0 Å². The van der Waals surface area contributed by atoms with Crippen molar-refractivity contribution < 1.29 is 9.53 Å². The molecule has 0 saturated carbocycles. The Labute approximate surface area is 102 Å². The first-order valence-electron chi connectivity index (χ1n) is 5.64. The van der Waals surface area contributed by atoms with Crippen molar-refractivity contribution >= 4 is 5.91 Å². The second kappa shape index (κ2) is 5.68. The van der Waals surface area contributed by atoms with E-state index in [2.05, 4.69) is 12.3 Å². The highest BCUT2D eigenvalue weighted by molar-refractivity contribution is 5.75. The first kappa shape index (κ1) is 13.5. The molecule has 0 spiro atoms. The number of hydrazine groups is 1. The van der Waals surface area contributed by atoms with Crippen molar-refractivity contribution in [1.82, 2.24) is 5.43 Å². The first-order valence-corrected chi connectivity index (χ1v) is 5.64. The zero-order valence-corrected chi connectivity index (χ0v) is 10.9. The summed E-state index contributed by atoms with van der Waals surface area (Å²) >= 11 is 0. The molecule has 0 aromatic heterocycles. The number of carbonyl (C=O) groups is 1. The van der Waals surface area contributed by atoms with E-state index in [0.29, 0.717) is 12.8 Å². The molecule has 1 aromatic carbocycles. The summed E-state index contributed by atoms with van der Waals surface area (Å²) in [5.74, 6) is 5.82. The molecule has 0 unspecified atom stereocenters. The first-order chi connectivity index (χ1) is 8.01. The molecule has 0 aliphatic carbocycles. The highest BCUT2D eigenvalue weighted by Gasteiger charge is 2.11. The maximum Gasteiger partial charge on any atom is 0.234 e. The van der Waals surface area contributed by atoms with Crippen LogP contribution in [0.5, 0.6) is 5.75 Å². The van der Waals surface area contributed by atoms with Crippen LogP contribution in [-0.2, 0) is 11.2 Å². The van der Waals surface area contributed by atoms with Crippen molar-refractivity contribution in [3.05, 3.63) is 28.3 Å². The van der Waals surface area contributed by atoms with Crippen molar-refractivity contribution in [3.63, 3.8) is 0 Å². The van der Waals surface area contributed by atoms with Crippen molar-refractivity contribution in [2.75, 3.05) is 7.11 Å². The van der Waals surface area contributed by atoms with Gasteiger partial charge in [-0.25, -0.2) is 5.84 Å². The molecule has 4 heteroatoms. The Morgan fingerprint density at radius 3 is 2.53 bits per heavy atom. The Morgan fingerprint density at radius 1 is 1.35 bits per heavy atom. The van der Waals surface area contributed by atoms with Crippen molar-refractivity contribution in [1.29, 1.82) is 0 Å². The Bertz CT molecular complexity index is 428. The summed E-state index contributed by atoms with van der Waals surface area (Å²) in [6.07, 6.45) is 1.11. The predicted molar refractivity (Wildman–Crippen MR) is 67.9 cm³/mol. The van der Waals surface area contributed by atoms with Gasteiger partial charge < -0.3 is 4.74 Å². The summed E-state index contributed by atoms with van der Waals surface area (Å²) in [6.45, 7) is 6.12. The van der Waals surface area contributed by atoms with Gasteiger partial charge in [-0.15, -0.1) is 0 Å². The van der Waals surface area contributed by atoms with E-state index in [4.69, 9.17) is 10.6 Å². The van der Waals surface area contributed by atoms with Crippen LogP contribution in [0.15, 0.2) is 6.07 Å². The predicted octanol–water partition coefficient (Wildman–Crippen LogP) is 1.54. The van der Waals surface area contributed by atoms with Gasteiger partial charge in [-0.2, -0.15) is 0 Å². The van der Waals surface area contributed by atoms with Gasteiger partial charge in [0.25, 0.3) is 0 Å². The standard InChI is InChI=1S/C13H20N2O2/c1-8-7-12(17-4)10(3)9(2)11(8)5-6-13(16)15-14/h7H,5-6,14H2,1-4H3,(H,15,16). The number of aryl methyl sites for hydroxylation is 1. The molecule has 94 valence electrons. The zero-order chi connectivity index (χ0) is 13.0. The van der Waals surface area contributed by atoms with Gasteiger partial charge in [-0.3, -0.25) is 10.2 Å². The quantitative estimate of drug-likeness (QED) is 0.473. The minimum absolute atomic E-state index is 0.141. The fourth-order valence-electron chi connectivity index (χ4n) is 2.01. The lowest BCUT2D eigenvalue weighted by molar-refractivity contribution is -0.121. The Balaban J connectivity index is 3.00. The van der Waals surface area contributed by atoms with Crippen molar-refractivity contribution in [3.8, 4) is 5.75 Å². The lowest BCUT2D eigenvalue weighted by atomic mass is 9.94. The van der Waals surface area contributed by atoms with Gasteiger partial charge in [0, 0.05) is 6.42 Å². The maximum absolute atomic E-state index is 11.2. The van der Waals surface area contributed by atoms with Gasteiger partial charge >= 0.3 is 0 Å². The van der Waals surface area contributed by atoms with Crippen LogP contribution in [0.25, 0.3) is 0 Å². The summed E-state index contributed by atoms with van der Waals surface area (Å²) in [4.78, 5) is 11.2. The normalized spacial score (nSPS) is 10.2. The van der Waals surface area contributed by atoms with Gasteiger partial charge in [-0.1, -0.05) is 0 Å². The van der Waals surface area contributed by atoms with Crippen LogP contribution in [0.4, 0.5) is 0 Å². The molecule has 1 aromatic rings. The van der Waals surface area contributed by atoms with E-state index in [0.717, 1.165) is 16.9 Å². The molecule has 1 rings (SSSR count). The van der Waals surface area contributed by atoms with Crippen LogP contribution in [0, 0.1) is 20.8 Å². The average molecular weight is 236 g/mol. The van der Waals surface area contributed by atoms with Crippen LogP contribution in [-0.4, -0.2) is 13.0 Å². The van der Waals surface area contributed by atoms with E-state index >= 15 is 0 Å². The number of rotatable bonds is 4. The van der Waals surface area contributed by atoms with Crippen LogP contribution in [0.1, 0.15) is 28.7 Å². The monoisotopic (exact) mass is 236 g/mol. The zero-order valence-electron chi connectivity index (χ0n) is 10.9. The number of ether oxygens (including phenoxy) is 1. The molecule has 1 amide bonds. The fourth-order valence-corrected chi connectivity index (χ4v) is 2.01.